The lowest BCUT2D eigenvalue weighted by Crippen LogP contribution is -2.42. The molecular formula is C29H34N8O2. The van der Waals surface area contributed by atoms with E-state index in [0.29, 0.717) is 13.2 Å². The Morgan fingerprint density at radius 1 is 1.10 bits per heavy atom. The molecule has 0 spiro atoms. The maximum Gasteiger partial charge on any atom is 0.139 e. The number of hydrogen-bond acceptors (Lipinski definition) is 8. The first-order chi connectivity index (χ1) is 19.1. The van der Waals surface area contributed by atoms with E-state index in [1.165, 1.54) is 5.56 Å². The van der Waals surface area contributed by atoms with Crippen molar-refractivity contribution in [3.05, 3.63) is 83.5 Å². The number of nitrogens with one attached hydrogen (secondary N) is 1. The molecule has 1 fully saturated rings. The van der Waals surface area contributed by atoms with E-state index < -0.39 is 0 Å². The number of likely N-dealkylation sites (tertiary alicyclic amines) is 1. The van der Waals surface area contributed by atoms with Crippen LogP contribution in [0.1, 0.15) is 41.4 Å². The number of aromatic nitrogens is 6. The van der Waals surface area contributed by atoms with Crippen LogP contribution in [0.3, 0.4) is 0 Å². The Labute approximate surface area is 227 Å². The molecule has 10 nitrogen and oxygen atoms in total. The maximum absolute atomic E-state index is 6.77. The highest BCUT2D eigenvalue weighted by Crippen LogP contribution is 2.36. The Morgan fingerprint density at radius 3 is 2.74 bits per heavy atom. The first-order valence-corrected chi connectivity index (χ1v) is 13.4. The Balaban J connectivity index is 1.28. The van der Waals surface area contributed by atoms with Crippen LogP contribution in [0.5, 0.6) is 0 Å². The van der Waals surface area contributed by atoms with Crippen LogP contribution >= 0.6 is 0 Å². The van der Waals surface area contributed by atoms with Crippen LogP contribution in [0.25, 0.3) is 22.2 Å². The Bertz CT molecular complexity index is 1520. The van der Waals surface area contributed by atoms with Crippen molar-refractivity contribution in [2.45, 2.75) is 44.7 Å². The highest BCUT2D eigenvalue weighted by Gasteiger charge is 2.34. The molecule has 39 heavy (non-hydrogen) atoms. The van der Waals surface area contributed by atoms with Gasteiger partial charge in [-0.2, -0.15) is 15.4 Å². The van der Waals surface area contributed by atoms with E-state index in [2.05, 4.69) is 78.0 Å². The minimum Gasteiger partial charge on any atom is -0.464 e. The molecule has 3 aromatic heterocycles. The molecular weight excluding hydrogens is 492 g/mol. The topological polar surface area (TPSA) is 101 Å². The predicted molar refractivity (Wildman–Crippen MR) is 147 cm³/mol. The van der Waals surface area contributed by atoms with Crippen molar-refractivity contribution < 1.29 is 9.15 Å². The van der Waals surface area contributed by atoms with Crippen molar-refractivity contribution in [1.82, 2.24) is 40.2 Å². The normalized spacial score (nSPS) is 18.4. The molecule has 0 aliphatic carbocycles. The van der Waals surface area contributed by atoms with Crippen LogP contribution in [-0.2, 0) is 31.5 Å². The summed E-state index contributed by atoms with van der Waals surface area (Å²) in [5.74, 6) is 0. The molecule has 2 aromatic carbocycles. The largest absolute Gasteiger partial charge is 0.464 e. The Kier molecular flexibility index (Phi) is 7.23. The number of benzene rings is 2. The fraction of sp³-hybridized carbons (Fsp3) is 0.379. The molecule has 6 rings (SSSR count). The summed E-state index contributed by atoms with van der Waals surface area (Å²) >= 11 is 0. The minimum atomic E-state index is 0.0115. The average molecular weight is 527 g/mol. The zero-order valence-electron chi connectivity index (χ0n) is 22.6. The summed E-state index contributed by atoms with van der Waals surface area (Å²) in [5, 5.41) is 21.0. The van der Waals surface area contributed by atoms with Gasteiger partial charge in [0.05, 0.1) is 36.9 Å². The Hall–Kier alpha value is -3.86. The van der Waals surface area contributed by atoms with Crippen molar-refractivity contribution in [3.63, 3.8) is 0 Å². The summed E-state index contributed by atoms with van der Waals surface area (Å²) in [6, 6.07) is 17.0. The predicted octanol–water partition coefficient (Wildman–Crippen LogP) is 4.33. The zero-order chi connectivity index (χ0) is 26.8. The van der Waals surface area contributed by atoms with Gasteiger partial charge in [0.15, 0.2) is 0 Å². The van der Waals surface area contributed by atoms with Gasteiger partial charge >= 0.3 is 0 Å². The fourth-order valence-electron chi connectivity index (χ4n) is 5.63. The highest BCUT2D eigenvalue weighted by molar-refractivity contribution is 5.85. The second kappa shape index (κ2) is 11.1. The molecule has 1 saturated heterocycles. The van der Waals surface area contributed by atoms with E-state index in [9.17, 15) is 0 Å². The van der Waals surface area contributed by atoms with Crippen molar-refractivity contribution in [2.24, 2.45) is 7.05 Å². The average Bonchev–Trinajstić information content (AvgIpc) is 3.69. The fourth-order valence-corrected chi connectivity index (χ4v) is 5.63. The van der Waals surface area contributed by atoms with Crippen LogP contribution < -0.4 is 0 Å². The van der Waals surface area contributed by atoms with Gasteiger partial charge in [-0.05, 0) is 57.2 Å². The van der Waals surface area contributed by atoms with Crippen molar-refractivity contribution in [1.29, 1.82) is 0 Å². The number of piperidine rings is 1. The second-order valence-corrected chi connectivity index (χ2v) is 10.5. The number of nitrogens with zero attached hydrogens (tertiary/aromatic N) is 7. The third-order valence-electron chi connectivity index (χ3n) is 7.43. The summed E-state index contributed by atoms with van der Waals surface area (Å²) in [5.41, 5.74) is 7.08. The SMILES string of the molecule is CN(C)Cc1n[nH]nc1CN1CCCC(OCc2cc(-c3cnnn3C)cc3ccoc23)C1c1ccccc1. The van der Waals surface area contributed by atoms with E-state index in [0.717, 1.165) is 65.1 Å². The van der Waals surface area contributed by atoms with Gasteiger partial charge < -0.3 is 14.1 Å². The zero-order valence-corrected chi connectivity index (χ0v) is 22.6. The lowest BCUT2D eigenvalue weighted by atomic mass is 9.92. The molecule has 2 unspecified atom stereocenters. The number of hydrogen-bond donors (Lipinski definition) is 1. The third-order valence-corrected chi connectivity index (χ3v) is 7.43. The first-order valence-electron chi connectivity index (χ1n) is 13.4. The number of fused-ring (bicyclic) bond motifs is 1. The van der Waals surface area contributed by atoms with Gasteiger partial charge in [0.1, 0.15) is 17.0 Å². The molecule has 2 atom stereocenters. The summed E-state index contributed by atoms with van der Waals surface area (Å²) in [4.78, 5) is 4.60. The van der Waals surface area contributed by atoms with Gasteiger partial charge in [0.25, 0.3) is 0 Å². The number of aryl methyl sites for hydroxylation is 1. The first kappa shape index (κ1) is 25.4. The lowest BCUT2D eigenvalue weighted by molar-refractivity contribution is -0.0555. The third kappa shape index (κ3) is 5.36. The summed E-state index contributed by atoms with van der Waals surface area (Å²) < 4.78 is 14.4. The molecule has 5 aromatic rings. The van der Waals surface area contributed by atoms with E-state index in [1.807, 2.05) is 27.2 Å². The lowest BCUT2D eigenvalue weighted by Gasteiger charge is -2.41. The molecule has 0 amide bonds. The maximum atomic E-state index is 6.77. The van der Waals surface area contributed by atoms with Crippen LogP contribution in [0.2, 0.25) is 0 Å². The molecule has 1 aliphatic heterocycles. The van der Waals surface area contributed by atoms with E-state index >= 15 is 0 Å². The van der Waals surface area contributed by atoms with Crippen LogP contribution in [0.4, 0.5) is 0 Å². The van der Waals surface area contributed by atoms with E-state index in [4.69, 9.17) is 9.15 Å². The monoisotopic (exact) mass is 526 g/mol. The van der Waals surface area contributed by atoms with E-state index in [-0.39, 0.29) is 12.1 Å². The van der Waals surface area contributed by atoms with Crippen LogP contribution in [0, 0.1) is 0 Å². The molecule has 1 aliphatic rings. The number of aromatic amines is 1. The molecule has 1 N–H and O–H groups in total. The van der Waals surface area contributed by atoms with Crippen molar-refractivity contribution >= 4 is 11.0 Å². The highest BCUT2D eigenvalue weighted by atomic mass is 16.5. The van der Waals surface area contributed by atoms with Crippen LogP contribution in [-0.4, -0.2) is 66.9 Å². The van der Waals surface area contributed by atoms with Gasteiger partial charge in [0, 0.05) is 36.7 Å². The quantitative estimate of drug-likeness (QED) is 0.303. The number of rotatable bonds is 9. The summed E-state index contributed by atoms with van der Waals surface area (Å²) in [6.45, 7) is 2.88. The summed E-state index contributed by atoms with van der Waals surface area (Å²) in [7, 11) is 6.00. The molecule has 4 heterocycles. The van der Waals surface area contributed by atoms with Crippen LogP contribution in [0.15, 0.2) is 65.4 Å². The molecule has 10 heteroatoms. The van der Waals surface area contributed by atoms with Gasteiger partial charge in [-0.25, -0.2) is 4.68 Å². The van der Waals surface area contributed by atoms with Gasteiger partial charge in [0.2, 0.25) is 0 Å². The smallest absolute Gasteiger partial charge is 0.139 e. The van der Waals surface area contributed by atoms with Gasteiger partial charge in [-0.1, -0.05) is 35.5 Å². The van der Waals surface area contributed by atoms with Crippen molar-refractivity contribution in [2.75, 3.05) is 20.6 Å². The molecule has 0 saturated carbocycles. The number of H-pyrrole nitrogens is 1. The number of furan rings is 1. The molecule has 0 bridgehead atoms. The Morgan fingerprint density at radius 2 is 1.95 bits per heavy atom. The summed E-state index contributed by atoms with van der Waals surface area (Å²) in [6.07, 6.45) is 5.55. The molecule has 202 valence electrons. The van der Waals surface area contributed by atoms with Gasteiger partial charge in [-0.3, -0.25) is 4.90 Å². The molecule has 0 radical (unpaired) electrons. The van der Waals surface area contributed by atoms with Gasteiger partial charge in [-0.15, -0.1) is 5.10 Å². The second-order valence-electron chi connectivity index (χ2n) is 10.5. The van der Waals surface area contributed by atoms with Crippen molar-refractivity contribution in [3.8, 4) is 11.3 Å². The minimum absolute atomic E-state index is 0.0115. The standard InChI is InChI=1S/C29H34N8O2/c1-35(2)17-24-25(32-33-31-24)18-37-12-7-10-27(28(37)20-8-5-4-6-9-20)39-19-23-15-22(26-16-30-34-36(26)3)14-21-11-13-38-29(21)23/h4-6,8-9,11,13-16,27-28H,7,10,12,17-19H2,1-3H3,(H,31,32,33). The van der Waals surface area contributed by atoms with E-state index in [1.54, 1.807) is 17.1 Å². The number of ether oxygens (including phenoxy) is 1.